The molecule has 2 heterocycles. The van der Waals surface area contributed by atoms with Crippen molar-refractivity contribution < 1.29 is 18.7 Å². The molecule has 0 aliphatic carbocycles. The van der Waals surface area contributed by atoms with Crippen LogP contribution in [-0.4, -0.2) is 33.2 Å². The molecule has 2 aromatic heterocycles. The molecule has 24 heavy (non-hydrogen) atoms. The van der Waals surface area contributed by atoms with E-state index in [-0.39, 0.29) is 13.2 Å². The van der Waals surface area contributed by atoms with Gasteiger partial charge >= 0.3 is 5.97 Å². The standard InChI is InChI=1S/C16H14N4O4/c21-15(18-8-14-2-1-7-23-14)9-24-16(22)12-3-5-13(6-4-12)20-11-17-10-19-20/h1-7,10-11H,8-9H2,(H,18,21). The third-order valence-electron chi connectivity index (χ3n) is 3.16. The number of nitrogens with zero attached hydrogens (tertiary/aromatic N) is 3. The fourth-order valence-corrected chi connectivity index (χ4v) is 1.96. The van der Waals surface area contributed by atoms with Gasteiger partial charge in [0.2, 0.25) is 0 Å². The highest BCUT2D eigenvalue weighted by atomic mass is 16.5. The molecule has 3 rings (SSSR count). The summed E-state index contributed by atoms with van der Waals surface area (Å²) in [6.07, 6.45) is 4.49. The number of rotatable bonds is 6. The lowest BCUT2D eigenvalue weighted by atomic mass is 10.2. The van der Waals surface area contributed by atoms with Crippen LogP contribution in [0.1, 0.15) is 16.1 Å². The molecule has 0 radical (unpaired) electrons. The van der Waals surface area contributed by atoms with E-state index in [2.05, 4.69) is 15.4 Å². The maximum absolute atomic E-state index is 11.9. The Kier molecular flexibility index (Phi) is 4.66. The number of nitrogens with one attached hydrogen (secondary N) is 1. The molecule has 0 saturated carbocycles. The van der Waals surface area contributed by atoms with E-state index in [0.29, 0.717) is 11.3 Å². The summed E-state index contributed by atoms with van der Waals surface area (Å²) in [4.78, 5) is 27.4. The third-order valence-corrected chi connectivity index (χ3v) is 3.16. The number of hydrogen-bond acceptors (Lipinski definition) is 6. The Morgan fingerprint density at radius 1 is 1.21 bits per heavy atom. The van der Waals surface area contributed by atoms with Gasteiger partial charge in [-0.3, -0.25) is 4.79 Å². The molecule has 8 nitrogen and oxygen atoms in total. The van der Waals surface area contributed by atoms with E-state index in [1.54, 1.807) is 47.4 Å². The van der Waals surface area contributed by atoms with Crippen LogP contribution in [0.4, 0.5) is 0 Å². The van der Waals surface area contributed by atoms with E-state index >= 15 is 0 Å². The molecule has 0 unspecified atom stereocenters. The van der Waals surface area contributed by atoms with Crippen molar-refractivity contribution in [2.75, 3.05) is 6.61 Å². The molecular weight excluding hydrogens is 312 g/mol. The highest BCUT2D eigenvalue weighted by Gasteiger charge is 2.10. The van der Waals surface area contributed by atoms with Crippen molar-refractivity contribution in [2.24, 2.45) is 0 Å². The molecule has 3 aromatic rings. The molecule has 1 aromatic carbocycles. The normalized spacial score (nSPS) is 10.3. The van der Waals surface area contributed by atoms with Gasteiger partial charge in [-0.25, -0.2) is 14.5 Å². The van der Waals surface area contributed by atoms with Gasteiger partial charge in [-0.15, -0.1) is 0 Å². The Bertz CT molecular complexity index is 795. The van der Waals surface area contributed by atoms with E-state index in [1.807, 2.05) is 0 Å². The summed E-state index contributed by atoms with van der Waals surface area (Å²) in [5.74, 6) is -0.356. The largest absolute Gasteiger partial charge is 0.467 e. The van der Waals surface area contributed by atoms with Gasteiger partial charge < -0.3 is 14.5 Å². The SMILES string of the molecule is O=C(COC(=O)c1ccc(-n2cncn2)cc1)NCc1ccco1. The number of amides is 1. The Labute approximate surface area is 137 Å². The lowest BCUT2D eigenvalue weighted by Gasteiger charge is -2.06. The van der Waals surface area contributed by atoms with Crippen molar-refractivity contribution in [1.29, 1.82) is 0 Å². The van der Waals surface area contributed by atoms with Gasteiger partial charge in [0.15, 0.2) is 6.61 Å². The van der Waals surface area contributed by atoms with Crippen LogP contribution in [0.25, 0.3) is 5.69 Å². The minimum atomic E-state index is -0.576. The van der Waals surface area contributed by atoms with Crippen molar-refractivity contribution >= 4 is 11.9 Å². The summed E-state index contributed by atoms with van der Waals surface area (Å²) < 4.78 is 11.6. The Balaban J connectivity index is 1.48. The number of esters is 1. The van der Waals surface area contributed by atoms with Gasteiger partial charge in [0.25, 0.3) is 5.91 Å². The van der Waals surface area contributed by atoms with E-state index in [4.69, 9.17) is 9.15 Å². The number of aromatic nitrogens is 3. The summed E-state index contributed by atoms with van der Waals surface area (Å²) in [5, 5.41) is 6.58. The predicted molar refractivity (Wildman–Crippen MR) is 82.2 cm³/mol. The van der Waals surface area contributed by atoms with E-state index < -0.39 is 11.9 Å². The van der Waals surface area contributed by atoms with E-state index in [1.165, 1.54) is 12.6 Å². The van der Waals surface area contributed by atoms with Gasteiger partial charge in [0.05, 0.1) is 24.1 Å². The first-order chi connectivity index (χ1) is 11.7. The predicted octanol–water partition coefficient (Wildman–Crippen LogP) is 1.33. The van der Waals surface area contributed by atoms with Crippen LogP contribution >= 0.6 is 0 Å². The first kappa shape index (κ1) is 15.5. The second-order valence-electron chi connectivity index (χ2n) is 4.82. The minimum absolute atomic E-state index is 0.246. The Hall–Kier alpha value is -3.42. The van der Waals surface area contributed by atoms with Crippen LogP contribution in [0.2, 0.25) is 0 Å². The van der Waals surface area contributed by atoms with E-state index in [9.17, 15) is 9.59 Å². The fraction of sp³-hybridized carbons (Fsp3) is 0.125. The molecule has 122 valence electrons. The first-order valence-electron chi connectivity index (χ1n) is 7.13. The quantitative estimate of drug-likeness (QED) is 0.686. The smallest absolute Gasteiger partial charge is 0.338 e. The zero-order valence-corrected chi connectivity index (χ0v) is 12.6. The summed E-state index contributed by atoms with van der Waals surface area (Å²) in [7, 11) is 0. The molecule has 0 aliphatic rings. The lowest BCUT2D eigenvalue weighted by Crippen LogP contribution is -2.28. The Morgan fingerprint density at radius 3 is 2.71 bits per heavy atom. The number of carbonyl (C=O) groups is 2. The monoisotopic (exact) mass is 326 g/mol. The van der Waals surface area contributed by atoms with Crippen molar-refractivity contribution in [2.45, 2.75) is 6.54 Å². The summed E-state index contributed by atoms with van der Waals surface area (Å²) >= 11 is 0. The second-order valence-corrected chi connectivity index (χ2v) is 4.82. The molecule has 1 amide bonds. The van der Waals surface area contributed by atoms with Gasteiger partial charge in [0, 0.05) is 0 Å². The molecular formula is C16H14N4O4. The highest BCUT2D eigenvalue weighted by Crippen LogP contribution is 2.09. The first-order valence-corrected chi connectivity index (χ1v) is 7.13. The van der Waals surface area contributed by atoms with Crippen molar-refractivity contribution in [3.05, 3.63) is 66.6 Å². The number of carbonyl (C=O) groups excluding carboxylic acids is 2. The molecule has 0 fully saturated rings. The molecule has 0 saturated heterocycles. The maximum Gasteiger partial charge on any atom is 0.338 e. The van der Waals surface area contributed by atoms with Gasteiger partial charge in [0.1, 0.15) is 18.4 Å². The fourth-order valence-electron chi connectivity index (χ4n) is 1.96. The third kappa shape index (κ3) is 3.86. The molecule has 1 N–H and O–H groups in total. The van der Waals surface area contributed by atoms with Gasteiger partial charge in [-0.2, -0.15) is 5.10 Å². The summed E-state index contributed by atoms with van der Waals surface area (Å²) in [5.41, 5.74) is 1.11. The van der Waals surface area contributed by atoms with Crippen molar-refractivity contribution in [3.8, 4) is 5.69 Å². The lowest BCUT2D eigenvalue weighted by molar-refractivity contribution is -0.124. The number of furan rings is 1. The zero-order valence-electron chi connectivity index (χ0n) is 12.6. The van der Waals surface area contributed by atoms with Crippen LogP contribution in [0.3, 0.4) is 0 Å². The van der Waals surface area contributed by atoms with Crippen LogP contribution in [0.5, 0.6) is 0 Å². The van der Waals surface area contributed by atoms with E-state index in [0.717, 1.165) is 5.69 Å². The molecule has 0 atom stereocenters. The molecule has 0 aliphatic heterocycles. The van der Waals surface area contributed by atoms with Gasteiger partial charge in [-0.1, -0.05) is 0 Å². The zero-order chi connectivity index (χ0) is 16.8. The number of hydrogen-bond donors (Lipinski definition) is 1. The average molecular weight is 326 g/mol. The van der Waals surface area contributed by atoms with Gasteiger partial charge in [-0.05, 0) is 36.4 Å². The van der Waals surface area contributed by atoms with Crippen LogP contribution in [-0.2, 0) is 16.1 Å². The van der Waals surface area contributed by atoms with Crippen LogP contribution in [0.15, 0.2) is 59.7 Å². The molecule has 0 bridgehead atoms. The highest BCUT2D eigenvalue weighted by molar-refractivity contribution is 5.91. The number of ether oxygens (including phenoxy) is 1. The van der Waals surface area contributed by atoms with Crippen molar-refractivity contribution in [1.82, 2.24) is 20.1 Å². The maximum atomic E-state index is 11.9. The van der Waals surface area contributed by atoms with Crippen LogP contribution < -0.4 is 5.32 Å². The number of benzene rings is 1. The summed E-state index contributed by atoms with van der Waals surface area (Å²) in [6.45, 7) is -0.111. The Morgan fingerprint density at radius 2 is 2.04 bits per heavy atom. The van der Waals surface area contributed by atoms with Crippen molar-refractivity contribution in [3.63, 3.8) is 0 Å². The second kappa shape index (κ2) is 7.23. The molecule has 0 spiro atoms. The minimum Gasteiger partial charge on any atom is -0.467 e. The topological polar surface area (TPSA) is 99.3 Å². The summed E-state index contributed by atoms with van der Waals surface area (Å²) in [6, 6.07) is 10.1. The van der Waals surface area contributed by atoms with Crippen LogP contribution in [0, 0.1) is 0 Å². The average Bonchev–Trinajstić information content (AvgIpc) is 3.31. The molecule has 8 heteroatoms.